The van der Waals surface area contributed by atoms with Crippen LogP contribution in [0.2, 0.25) is 0 Å². The summed E-state index contributed by atoms with van der Waals surface area (Å²) in [5.74, 6) is 1.52. The number of para-hydroxylation sites is 1. The summed E-state index contributed by atoms with van der Waals surface area (Å²) >= 11 is 0. The number of nitrogens with zero attached hydrogens (tertiary/aromatic N) is 1. The number of hydrogen-bond donors (Lipinski definition) is 2. The van der Waals surface area contributed by atoms with Gasteiger partial charge in [0.15, 0.2) is 0 Å². The quantitative estimate of drug-likeness (QED) is 0.650. The Morgan fingerprint density at radius 3 is 2.67 bits per heavy atom. The van der Waals surface area contributed by atoms with Crippen molar-refractivity contribution in [3.8, 4) is 11.5 Å². The van der Waals surface area contributed by atoms with E-state index < -0.39 is 6.03 Å². The van der Waals surface area contributed by atoms with E-state index in [1.165, 1.54) is 0 Å². The SMILES string of the molecule is NC(=O)N(O)C[C@@H]1CC[C@@H](c2cccc(Oc3ccccc3)c2)O1. The molecule has 6 heteroatoms. The van der Waals surface area contributed by atoms with E-state index in [0.717, 1.165) is 29.9 Å². The first-order chi connectivity index (χ1) is 11.6. The number of hydrogen-bond acceptors (Lipinski definition) is 4. The smallest absolute Gasteiger partial charge is 0.338 e. The van der Waals surface area contributed by atoms with Crippen LogP contribution in [0.4, 0.5) is 4.79 Å². The standard InChI is InChI=1S/C18H20N2O4/c19-18(21)20(22)12-16-9-10-17(24-16)13-5-4-8-15(11-13)23-14-6-2-1-3-7-14/h1-8,11,16-17,22H,9-10,12H2,(H2,19,21)/t16-,17-/m0/s1. The van der Waals surface area contributed by atoms with Crippen LogP contribution in [0.15, 0.2) is 54.6 Å². The summed E-state index contributed by atoms with van der Waals surface area (Å²) in [5.41, 5.74) is 6.03. The van der Waals surface area contributed by atoms with Gasteiger partial charge in [-0.2, -0.15) is 0 Å². The van der Waals surface area contributed by atoms with E-state index in [2.05, 4.69) is 0 Å². The third-order valence-corrected chi connectivity index (χ3v) is 3.95. The lowest BCUT2D eigenvalue weighted by Gasteiger charge is -2.18. The van der Waals surface area contributed by atoms with Crippen molar-refractivity contribution in [1.82, 2.24) is 5.06 Å². The van der Waals surface area contributed by atoms with Gasteiger partial charge >= 0.3 is 6.03 Å². The number of primary amides is 1. The summed E-state index contributed by atoms with van der Waals surface area (Å²) in [6, 6.07) is 16.4. The van der Waals surface area contributed by atoms with Crippen LogP contribution in [-0.4, -0.2) is 29.0 Å². The van der Waals surface area contributed by atoms with E-state index in [0.29, 0.717) is 5.06 Å². The van der Waals surface area contributed by atoms with Crippen LogP contribution in [0, 0.1) is 0 Å². The highest BCUT2D eigenvalue weighted by Crippen LogP contribution is 2.35. The predicted molar refractivity (Wildman–Crippen MR) is 87.9 cm³/mol. The van der Waals surface area contributed by atoms with Crippen molar-refractivity contribution in [3.63, 3.8) is 0 Å². The molecular weight excluding hydrogens is 308 g/mol. The molecule has 0 aliphatic carbocycles. The number of rotatable bonds is 5. The first-order valence-corrected chi connectivity index (χ1v) is 7.86. The lowest BCUT2D eigenvalue weighted by Crippen LogP contribution is -2.38. The highest BCUT2D eigenvalue weighted by atomic mass is 16.5. The molecule has 2 atom stereocenters. The van der Waals surface area contributed by atoms with Crippen LogP contribution in [0.3, 0.4) is 0 Å². The van der Waals surface area contributed by atoms with Crippen LogP contribution in [0.25, 0.3) is 0 Å². The van der Waals surface area contributed by atoms with Gasteiger partial charge < -0.3 is 15.2 Å². The van der Waals surface area contributed by atoms with Gasteiger partial charge in [-0.15, -0.1) is 0 Å². The van der Waals surface area contributed by atoms with E-state index >= 15 is 0 Å². The fourth-order valence-electron chi connectivity index (χ4n) is 2.77. The largest absolute Gasteiger partial charge is 0.457 e. The molecule has 1 aliphatic rings. The lowest BCUT2D eigenvalue weighted by molar-refractivity contribution is -0.0788. The van der Waals surface area contributed by atoms with Crippen LogP contribution >= 0.6 is 0 Å². The number of carbonyl (C=O) groups excluding carboxylic acids is 1. The topological polar surface area (TPSA) is 85.0 Å². The first-order valence-electron chi connectivity index (χ1n) is 7.86. The number of carbonyl (C=O) groups is 1. The highest BCUT2D eigenvalue weighted by Gasteiger charge is 2.28. The summed E-state index contributed by atoms with van der Waals surface area (Å²) in [6.07, 6.45) is 1.24. The zero-order valence-electron chi connectivity index (χ0n) is 13.2. The van der Waals surface area contributed by atoms with E-state index in [9.17, 15) is 10.0 Å². The van der Waals surface area contributed by atoms with E-state index in [4.69, 9.17) is 15.2 Å². The molecule has 1 heterocycles. The van der Waals surface area contributed by atoms with E-state index in [1.54, 1.807) is 0 Å². The third-order valence-electron chi connectivity index (χ3n) is 3.95. The number of hydroxylamine groups is 2. The zero-order chi connectivity index (χ0) is 16.9. The maximum atomic E-state index is 10.9. The molecule has 6 nitrogen and oxygen atoms in total. The van der Waals surface area contributed by atoms with Crippen molar-refractivity contribution < 1.29 is 19.5 Å². The molecule has 0 saturated carbocycles. The lowest BCUT2D eigenvalue weighted by atomic mass is 10.1. The minimum atomic E-state index is -0.875. The van der Waals surface area contributed by atoms with E-state index in [-0.39, 0.29) is 18.8 Å². The van der Waals surface area contributed by atoms with Crippen molar-refractivity contribution >= 4 is 6.03 Å². The first kappa shape index (κ1) is 16.3. The molecule has 0 aromatic heterocycles. The monoisotopic (exact) mass is 328 g/mol. The predicted octanol–water partition coefficient (Wildman–Crippen LogP) is 3.47. The highest BCUT2D eigenvalue weighted by molar-refractivity contribution is 5.70. The fourth-order valence-corrected chi connectivity index (χ4v) is 2.77. The molecule has 0 spiro atoms. The molecule has 3 N–H and O–H groups in total. The Morgan fingerprint density at radius 2 is 1.92 bits per heavy atom. The van der Waals surface area contributed by atoms with Crippen LogP contribution in [0.5, 0.6) is 11.5 Å². The number of urea groups is 1. The maximum Gasteiger partial charge on any atom is 0.338 e. The number of nitrogens with two attached hydrogens (primary N) is 1. The zero-order valence-corrected chi connectivity index (χ0v) is 13.2. The molecule has 2 aromatic carbocycles. The van der Waals surface area contributed by atoms with Gasteiger partial charge in [0.05, 0.1) is 18.8 Å². The Morgan fingerprint density at radius 1 is 1.17 bits per heavy atom. The number of ether oxygens (including phenoxy) is 2. The molecule has 0 bridgehead atoms. The Balaban J connectivity index is 1.63. The van der Waals surface area contributed by atoms with Crippen LogP contribution < -0.4 is 10.5 Å². The maximum absolute atomic E-state index is 10.9. The van der Waals surface area contributed by atoms with Gasteiger partial charge in [-0.05, 0) is 42.7 Å². The molecule has 24 heavy (non-hydrogen) atoms. The Hall–Kier alpha value is -2.57. The number of benzene rings is 2. The molecule has 1 fully saturated rings. The van der Waals surface area contributed by atoms with Crippen molar-refractivity contribution in [2.45, 2.75) is 25.0 Å². The van der Waals surface area contributed by atoms with Crippen molar-refractivity contribution in [1.29, 1.82) is 0 Å². The average Bonchev–Trinajstić information content (AvgIpc) is 3.04. The summed E-state index contributed by atoms with van der Waals surface area (Å²) in [5, 5.41) is 9.90. The molecule has 2 aromatic rings. The molecule has 0 radical (unpaired) electrons. The molecule has 1 saturated heterocycles. The second-order valence-corrected chi connectivity index (χ2v) is 5.73. The molecule has 3 rings (SSSR count). The van der Waals surface area contributed by atoms with Gasteiger partial charge in [0.2, 0.25) is 0 Å². The third kappa shape index (κ3) is 4.04. The normalized spacial score (nSPS) is 19.9. The summed E-state index contributed by atoms with van der Waals surface area (Å²) < 4.78 is 11.7. The summed E-state index contributed by atoms with van der Waals surface area (Å²) in [7, 11) is 0. The minimum absolute atomic E-state index is 0.0754. The summed E-state index contributed by atoms with van der Waals surface area (Å²) in [6.45, 7) is 0.0754. The Bertz CT molecular complexity index is 692. The molecule has 1 aliphatic heterocycles. The van der Waals surface area contributed by atoms with Crippen molar-refractivity contribution in [2.24, 2.45) is 5.73 Å². The van der Waals surface area contributed by atoms with Crippen LogP contribution in [0.1, 0.15) is 24.5 Å². The minimum Gasteiger partial charge on any atom is -0.457 e. The number of amides is 2. The van der Waals surface area contributed by atoms with Crippen molar-refractivity contribution in [2.75, 3.05) is 6.54 Å². The van der Waals surface area contributed by atoms with Crippen LogP contribution in [-0.2, 0) is 4.74 Å². The molecule has 2 amide bonds. The van der Waals surface area contributed by atoms with Gasteiger partial charge in [0.25, 0.3) is 0 Å². The van der Waals surface area contributed by atoms with Crippen molar-refractivity contribution in [3.05, 3.63) is 60.2 Å². The molecule has 0 unspecified atom stereocenters. The van der Waals surface area contributed by atoms with Gasteiger partial charge in [-0.1, -0.05) is 30.3 Å². The Kier molecular flexibility index (Phi) is 4.98. The fraction of sp³-hybridized carbons (Fsp3) is 0.278. The molecule has 126 valence electrons. The van der Waals surface area contributed by atoms with Gasteiger partial charge in [0.1, 0.15) is 11.5 Å². The van der Waals surface area contributed by atoms with Gasteiger partial charge in [0, 0.05) is 0 Å². The average molecular weight is 328 g/mol. The molecular formula is C18H20N2O4. The second-order valence-electron chi connectivity index (χ2n) is 5.73. The van der Waals surface area contributed by atoms with E-state index in [1.807, 2.05) is 54.6 Å². The summed E-state index contributed by atoms with van der Waals surface area (Å²) in [4.78, 5) is 10.9. The Labute approximate surface area is 140 Å². The van der Waals surface area contributed by atoms with Gasteiger partial charge in [-0.3, -0.25) is 5.21 Å². The second kappa shape index (κ2) is 7.33. The van der Waals surface area contributed by atoms with Gasteiger partial charge in [-0.25, -0.2) is 9.86 Å².